The maximum absolute atomic E-state index is 13.1. The predicted octanol–water partition coefficient (Wildman–Crippen LogP) is 3.74. The van der Waals surface area contributed by atoms with Crippen LogP contribution in [0.15, 0.2) is 30.3 Å². The number of halogens is 4. The van der Waals surface area contributed by atoms with Crippen molar-refractivity contribution >= 4 is 23.9 Å². The number of likely N-dealkylation sites (tertiary alicyclic amines) is 1. The maximum Gasteiger partial charge on any atom is 0.416 e. The van der Waals surface area contributed by atoms with Crippen LogP contribution in [0.3, 0.4) is 0 Å². The fourth-order valence-electron chi connectivity index (χ4n) is 2.82. The van der Waals surface area contributed by atoms with Crippen molar-refractivity contribution in [2.75, 3.05) is 20.1 Å². The van der Waals surface area contributed by atoms with Crippen LogP contribution in [0.25, 0.3) is 5.57 Å². The molecule has 2 rings (SSSR count). The molecule has 7 heteroatoms. The largest absolute Gasteiger partial charge is 0.416 e. The number of piperidine rings is 1. The van der Waals surface area contributed by atoms with E-state index in [0.29, 0.717) is 24.7 Å². The lowest BCUT2D eigenvalue weighted by molar-refractivity contribution is -0.137. The highest BCUT2D eigenvalue weighted by Crippen LogP contribution is 2.34. The second-order valence-electron chi connectivity index (χ2n) is 5.76. The van der Waals surface area contributed by atoms with Crippen LogP contribution >= 0.6 is 12.4 Å². The van der Waals surface area contributed by atoms with Crippen molar-refractivity contribution < 1.29 is 18.0 Å². The van der Waals surface area contributed by atoms with Crippen molar-refractivity contribution in [2.24, 2.45) is 0 Å². The van der Waals surface area contributed by atoms with Gasteiger partial charge in [0.15, 0.2) is 0 Å². The second-order valence-corrected chi connectivity index (χ2v) is 5.76. The van der Waals surface area contributed by atoms with Crippen molar-refractivity contribution in [1.29, 1.82) is 0 Å². The monoisotopic (exact) mass is 362 g/mol. The number of hydrogen-bond donors (Lipinski definition) is 1. The molecule has 1 N–H and O–H groups in total. The van der Waals surface area contributed by atoms with Gasteiger partial charge in [0.25, 0.3) is 0 Å². The summed E-state index contributed by atoms with van der Waals surface area (Å²) < 4.78 is 39.2. The Morgan fingerprint density at radius 2 is 1.83 bits per heavy atom. The van der Waals surface area contributed by atoms with Crippen LogP contribution < -0.4 is 5.32 Å². The van der Waals surface area contributed by atoms with Gasteiger partial charge in [-0.2, -0.15) is 13.2 Å². The van der Waals surface area contributed by atoms with Crippen LogP contribution in [0.5, 0.6) is 0 Å². The molecule has 1 heterocycles. The van der Waals surface area contributed by atoms with Crippen LogP contribution in [-0.4, -0.2) is 37.0 Å². The number of benzene rings is 1. The van der Waals surface area contributed by atoms with Gasteiger partial charge in [-0.1, -0.05) is 18.2 Å². The van der Waals surface area contributed by atoms with E-state index in [1.54, 1.807) is 17.9 Å². The fourth-order valence-corrected chi connectivity index (χ4v) is 2.82. The molecule has 1 aliphatic rings. The Hall–Kier alpha value is -1.53. The average Bonchev–Trinajstić information content (AvgIpc) is 2.54. The standard InChI is InChI=1S/C17H21F3N2O.ClH/c1-12(14-5-3-4-6-15(14)17(18,19)20)11-16(23)22-9-7-13(21-2)8-10-22;/h3-6,11,13,21H,7-10H2,1-2H3;1H/b12-11-;. The molecule has 3 nitrogen and oxygen atoms in total. The first-order chi connectivity index (χ1) is 10.8. The van der Waals surface area contributed by atoms with Crippen LogP contribution in [0.2, 0.25) is 0 Å². The lowest BCUT2D eigenvalue weighted by atomic mass is 9.99. The van der Waals surface area contributed by atoms with E-state index in [4.69, 9.17) is 0 Å². The van der Waals surface area contributed by atoms with Crippen LogP contribution in [0.4, 0.5) is 13.2 Å². The van der Waals surface area contributed by atoms with Crippen molar-refractivity contribution in [3.05, 3.63) is 41.5 Å². The molecule has 0 saturated carbocycles. The first kappa shape index (κ1) is 20.5. The number of alkyl halides is 3. The van der Waals surface area contributed by atoms with Gasteiger partial charge in [0.2, 0.25) is 5.91 Å². The average molecular weight is 363 g/mol. The molecular formula is C17H22ClF3N2O. The van der Waals surface area contributed by atoms with Gasteiger partial charge in [-0.15, -0.1) is 12.4 Å². The molecule has 1 aliphatic heterocycles. The summed E-state index contributed by atoms with van der Waals surface area (Å²) in [5.74, 6) is -0.228. The van der Waals surface area contributed by atoms with Crippen molar-refractivity contribution in [1.82, 2.24) is 10.2 Å². The van der Waals surface area contributed by atoms with E-state index in [2.05, 4.69) is 5.32 Å². The van der Waals surface area contributed by atoms with Crippen LogP contribution in [0, 0.1) is 0 Å². The summed E-state index contributed by atoms with van der Waals surface area (Å²) in [6.45, 7) is 2.78. The Kier molecular flexibility index (Phi) is 7.29. The Labute approximate surface area is 146 Å². The highest BCUT2D eigenvalue weighted by Gasteiger charge is 2.33. The van der Waals surface area contributed by atoms with Gasteiger partial charge in [-0.3, -0.25) is 4.79 Å². The summed E-state index contributed by atoms with van der Waals surface area (Å²) in [4.78, 5) is 14.0. The van der Waals surface area contributed by atoms with Gasteiger partial charge in [0, 0.05) is 25.2 Å². The minimum atomic E-state index is -4.43. The van der Waals surface area contributed by atoms with Crippen LogP contribution in [-0.2, 0) is 11.0 Å². The lowest BCUT2D eigenvalue weighted by Gasteiger charge is -2.31. The van der Waals surface area contributed by atoms with Gasteiger partial charge in [-0.05, 0) is 44.0 Å². The van der Waals surface area contributed by atoms with E-state index in [1.165, 1.54) is 18.2 Å². The number of carbonyl (C=O) groups is 1. The molecule has 24 heavy (non-hydrogen) atoms. The zero-order valence-electron chi connectivity index (χ0n) is 13.7. The highest BCUT2D eigenvalue weighted by atomic mass is 35.5. The Morgan fingerprint density at radius 3 is 2.38 bits per heavy atom. The fraction of sp³-hybridized carbons (Fsp3) is 0.471. The zero-order chi connectivity index (χ0) is 17.0. The molecule has 0 aromatic heterocycles. The normalized spacial score (nSPS) is 16.7. The summed E-state index contributed by atoms with van der Waals surface area (Å²) in [6, 6.07) is 5.73. The summed E-state index contributed by atoms with van der Waals surface area (Å²) in [5, 5.41) is 3.18. The third kappa shape index (κ3) is 4.98. The van der Waals surface area contributed by atoms with Crippen molar-refractivity contribution in [3.63, 3.8) is 0 Å². The van der Waals surface area contributed by atoms with E-state index in [1.807, 2.05) is 7.05 Å². The summed E-state index contributed by atoms with van der Waals surface area (Å²) >= 11 is 0. The second kappa shape index (κ2) is 8.53. The molecule has 1 amide bonds. The maximum atomic E-state index is 13.1. The minimum Gasteiger partial charge on any atom is -0.339 e. The highest BCUT2D eigenvalue weighted by molar-refractivity contribution is 5.95. The first-order valence-corrected chi connectivity index (χ1v) is 7.64. The molecule has 134 valence electrons. The van der Waals surface area contributed by atoms with Gasteiger partial charge in [0.1, 0.15) is 0 Å². The van der Waals surface area contributed by atoms with E-state index in [9.17, 15) is 18.0 Å². The number of carbonyl (C=O) groups excluding carboxylic acids is 1. The first-order valence-electron chi connectivity index (χ1n) is 7.64. The Bertz CT molecular complexity index is 594. The topological polar surface area (TPSA) is 32.3 Å². The molecule has 0 unspecified atom stereocenters. The van der Waals surface area contributed by atoms with Crippen molar-refractivity contribution in [2.45, 2.75) is 32.0 Å². The summed E-state index contributed by atoms with van der Waals surface area (Å²) in [5.41, 5.74) is -0.326. The van der Waals surface area contributed by atoms with E-state index >= 15 is 0 Å². The van der Waals surface area contributed by atoms with Crippen molar-refractivity contribution in [3.8, 4) is 0 Å². The van der Waals surface area contributed by atoms with E-state index in [-0.39, 0.29) is 23.9 Å². The quantitative estimate of drug-likeness (QED) is 0.831. The Balaban J connectivity index is 0.00000288. The molecule has 0 radical (unpaired) electrons. The van der Waals surface area contributed by atoms with Gasteiger partial charge in [0.05, 0.1) is 5.56 Å². The Morgan fingerprint density at radius 1 is 1.25 bits per heavy atom. The number of amides is 1. The molecule has 1 aromatic rings. The molecule has 0 spiro atoms. The molecule has 1 fully saturated rings. The number of nitrogens with zero attached hydrogens (tertiary/aromatic N) is 1. The molecule has 0 aliphatic carbocycles. The number of nitrogens with one attached hydrogen (secondary N) is 1. The third-order valence-electron chi connectivity index (χ3n) is 4.21. The number of rotatable bonds is 3. The third-order valence-corrected chi connectivity index (χ3v) is 4.21. The molecule has 1 saturated heterocycles. The number of hydrogen-bond acceptors (Lipinski definition) is 2. The smallest absolute Gasteiger partial charge is 0.339 e. The predicted molar refractivity (Wildman–Crippen MR) is 91.0 cm³/mol. The van der Waals surface area contributed by atoms with E-state index < -0.39 is 11.7 Å². The summed E-state index contributed by atoms with van der Waals surface area (Å²) in [7, 11) is 1.89. The number of allylic oxidation sites excluding steroid dienone is 1. The van der Waals surface area contributed by atoms with Gasteiger partial charge in [-0.25, -0.2) is 0 Å². The van der Waals surface area contributed by atoms with Gasteiger partial charge < -0.3 is 10.2 Å². The van der Waals surface area contributed by atoms with Crippen LogP contribution in [0.1, 0.15) is 30.9 Å². The SMILES string of the molecule is CNC1CCN(C(=O)/C=C(/C)c2ccccc2C(F)(F)F)CC1.Cl. The molecular weight excluding hydrogens is 341 g/mol. The lowest BCUT2D eigenvalue weighted by Crippen LogP contribution is -2.43. The minimum absolute atomic E-state index is 0. The molecule has 1 aromatic carbocycles. The van der Waals surface area contributed by atoms with E-state index in [0.717, 1.165) is 18.9 Å². The molecule has 0 atom stereocenters. The zero-order valence-corrected chi connectivity index (χ0v) is 14.5. The summed E-state index contributed by atoms with van der Waals surface area (Å²) in [6.07, 6.45) is -1.41. The molecule has 0 bridgehead atoms. The van der Waals surface area contributed by atoms with Gasteiger partial charge >= 0.3 is 6.18 Å².